The second kappa shape index (κ2) is 10.5. The van der Waals surface area contributed by atoms with Crippen LogP contribution >= 0.6 is 23.2 Å². The second-order valence-electron chi connectivity index (χ2n) is 8.97. The Morgan fingerprint density at radius 1 is 1.21 bits per heavy atom. The maximum absolute atomic E-state index is 12.6. The Balaban J connectivity index is 1.71. The number of amides is 2. The number of ether oxygens (including phenoxy) is 1. The zero-order chi connectivity index (χ0) is 21.6. The highest BCUT2D eigenvalue weighted by Crippen LogP contribution is 2.27. The van der Waals surface area contributed by atoms with Crippen LogP contribution in [-0.4, -0.2) is 42.1 Å². The van der Waals surface area contributed by atoms with Crippen LogP contribution in [0.25, 0.3) is 0 Å². The van der Waals surface area contributed by atoms with Gasteiger partial charge in [-0.25, -0.2) is 4.79 Å². The summed E-state index contributed by atoms with van der Waals surface area (Å²) in [6.07, 6.45) is 2.90. The second-order valence-corrected chi connectivity index (χ2v) is 9.78. The number of nitrogens with one attached hydrogen (secondary N) is 1. The lowest BCUT2D eigenvalue weighted by Crippen LogP contribution is -2.40. The summed E-state index contributed by atoms with van der Waals surface area (Å²) in [5.41, 5.74) is 0.663. The van der Waals surface area contributed by atoms with Crippen molar-refractivity contribution in [2.75, 3.05) is 19.6 Å². The molecule has 1 heterocycles. The van der Waals surface area contributed by atoms with Crippen molar-refractivity contribution < 1.29 is 14.3 Å². The molecule has 0 bridgehead atoms. The molecular formula is C22H32Cl2N2O3. The Morgan fingerprint density at radius 2 is 1.86 bits per heavy atom. The molecule has 0 saturated carbocycles. The van der Waals surface area contributed by atoms with Crippen LogP contribution < -0.4 is 5.32 Å². The van der Waals surface area contributed by atoms with Crippen molar-refractivity contribution in [2.24, 2.45) is 11.8 Å². The molecule has 162 valence electrons. The summed E-state index contributed by atoms with van der Waals surface area (Å²) in [4.78, 5) is 26.3. The Kier molecular flexibility index (Phi) is 8.65. The molecule has 2 rings (SSSR count). The molecule has 1 fully saturated rings. The molecule has 29 heavy (non-hydrogen) atoms. The number of likely N-dealkylation sites (tertiary alicyclic amines) is 1. The number of piperidine rings is 1. The van der Waals surface area contributed by atoms with E-state index in [2.05, 4.69) is 5.32 Å². The first-order valence-corrected chi connectivity index (χ1v) is 11.0. The number of halogens is 2. The van der Waals surface area contributed by atoms with Gasteiger partial charge in [0.15, 0.2) is 0 Å². The van der Waals surface area contributed by atoms with Gasteiger partial charge in [0, 0.05) is 26.1 Å². The fraction of sp³-hybridized carbons (Fsp3) is 0.636. The highest BCUT2D eigenvalue weighted by atomic mass is 35.5. The number of rotatable bonds is 6. The van der Waals surface area contributed by atoms with Gasteiger partial charge in [0.1, 0.15) is 5.60 Å². The fourth-order valence-corrected chi connectivity index (χ4v) is 3.78. The molecule has 2 amide bonds. The van der Waals surface area contributed by atoms with Gasteiger partial charge >= 0.3 is 6.09 Å². The average Bonchev–Trinajstić information content (AvgIpc) is 2.62. The van der Waals surface area contributed by atoms with Gasteiger partial charge in [-0.3, -0.25) is 4.79 Å². The van der Waals surface area contributed by atoms with E-state index in [1.165, 1.54) is 5.56 Å². The molecule has 0 unspecified atom stereocenters. The van der Waals surface area contributed by atoms with Crippen molar-refractivity contribution >= 4 is 35.2 Å². The van der Waals surface area contributed by atoms with Gasteiger partial charge in [0.2, 0.25) is 5.91 Å². The predicted octanol–water partition coefficient (Wildman–Crippen LogP) is 5.33. The first-order valence-electron chi connectivity index (χ1n) is 10.2. The molecule has 1 aromatic rings. The van der Waals surface area contributed by atoms with Gasteiger partial charge in [0.25, 0.3) is 0 Å². The van der Waals surface area contributed by atoms with E-state index in [9.17, 15) is 9.59 Å². The monoisotopic (exact) mass is 442 g/mol. The molecule has 1 aliphatic rings. The largest absolute Gasteiger partial charge is 0.444 e. The van der Waals surface area contributed by atoms with Crippen LogP contribution in [0.3, 0.4) is 0 Å². The minimum absolute atomic E-state index is 0.0592. The molecular weight excluding hydrogens is 411 g/mol. The molecule has 0 spiro atoms. The molecule has 1 N–H and O–H groups in total. The van der Waals surface area contributed by atoms with Crippen molar-refractivity contribution in [1.29, 1.82) is 0 Å². The van der Waals surface area contributed by atoms with Crippen LogP contribution in [0.4, 0.5) is 4.79 Å². The third kappa shape index (κ3) is 8.43. The highest BCUT2D eigenvalue weighted by molar-refractivity contribution is 6.42. The Morgan fingerprint density at radius 3 is 2.45 bits per heavy atom. The van der Waals surface area contributed by atoms with Crippen LogP contribution in [0.2, 0.25) is 10.0 Å². The van der Waals surface area contributed by atoms with Gasteiger partial charge in [0.05, 0.1) is 10.0 Å². The summed E-state index contributed by atoms with van der Waals surface area (Å²) in [7, 11) is 0. The lowest BCUT2D eigenvalue weighted by molar-refractivity contribution is -0.133. The van der Waals surface area contributed by atoms with Crippen LogP contribution in [0.15, 0.2) is 18.2 Å². The summed E-state index contributed by atoms with van der Waals surface area (Å²) in [5.74, 6) is 0.753. The molecule has 0 aromatic heterocycles. The summed E-state index contributed by atoms with van der Waals surface area (Å²) < 4.78 is 5.22. The highest BCUT2D eigenvalue weighted by Gasteiger charge is 2.24. The fourth-order valence-electron chi connectivity index (χ4n) is 3.46. The third-order valence-electron chi connectivity index (χ3n) is 4.99. The maximum atomic E-state index is 12.6. The van der Waals surface area contributed by atoms with E-state index in [4.69, 9.17) is 27.9 Å². The Bertz CT molecular complexity index is 710. The standard InChI is InChI=1S/C22H32Cl2N2O3/c1-15(14-25-21(28)29-22(2,3)4)11-20(27)26-9-7-16(8-10-26)12-17-5-6-18(23)19(24)13-17/h5-6,13,15-16H,7-12,14H2,1-4H3,(H,25,28)/t15-/m1/s1. The van der Waals surface area contributed by atoms with Crippen LogP contribution in [-0.2, 0) is 16.0 Å². The van der Waals surface area contributed by atoms with E-state index < -0.39 is 11.7 Å². The number of hydrogen-bond acceptors (Lipinski definition) is 3. The minimum atomic E-state index is -0.523. The first-order chi connectivity index (χ1) is 13.5. The zero-order valence-electron chi connectivity index (χ0n) is 17.8. The van der Waals surface area contributed by atoms with Gasteiger partial charge in [-0.1, -0.05) is 36.2 Å². The van der Waals surface area contributed by atoms with Gasteiger partial charge in [-0.15, -0.1) is 0 Å². The van der Waals surface area contributed by atoms with E-state index in [-0.39, 0.29) is 11.8 Å². The van der Waals surface area contributed by atoms with E-state index in [0.717, 1.165) is 32.4 Å². The SMILES string of the molecule is C[C@@H](CNC(=O)OC(C)(C)C)CC(=O)N1CCC(Cc2ccc(Cl)c(Cl)c2)CC1. The van der Waals surface area contributed by atoms with Crippen LogP contribution in [0.5, 0.6) is 0 Å². The topological polar surface area (TPSA) is 58.6 Å². The van der Waals surface area contributed by atoms with E-state index in [0.29, 0.717) is 28.9 Å². The van der Waals surface area contributed by atoms with Gasteiger partial charge < -0.3 is 15.0 Å². The normalized spacial score (nSPS) is 16.4. The third-order valence-corrected chi connectivity index (χ3v) is 5.73. The zero-order valence-corrected chi connectivity index (χ0v) is 19.3. The minimum Gasteiger partial charge on any atom is -0.444 e. The first kappa shape index (κ1) is 23.8. The van der Waals surface area contributed by atoms with Crippen molar-refractivity contribution in [2.45, 2.75) is 59.0 Å². The quantitative estimate of drug-likeness (QED) is 0.647. The van der Waals surface area contributed by atoms with E-state index >= 15 is 0 Å². The molecule has 1 saturated heterocycles. The smallest absolute Gasteiger partial charge is 0.407 e. The molecule has 1 atom stereocenters. The van der Waals surface area contributed by atoms with Crippen molar-refractivity contribution in [3.8, 4) is 0 Å². The maximum Gasteiger partial charge on any atom is 0.407 e. The van der Waals surface area contributed by atoms with Gasteiger partial charge in [-0.2, -0.15) is 0 Å². The summed E-state index contributed by atoms with van der Waals surface area (Å²) in [6.45, 7) is 9.41. The number of carbonyl (C=O) groups excluding carboxylic acids is 2. The molecule has 0 aliphatic carbocycles. The molecule has 5 nitrogen and oxygen atoms in total. The number of benzene rings is 1. The van der Waals surface area contributed by atoms with Crippen molar-refractivity contribution in [3.05, 3.63) is 33.8 Å². The Labute approximate surface area is 184 Å². The van der Waals surface area contributed by atoms with Crippen LogP contribution in [0.1, 0.15) is 52.5 Å². The Hall–Kier alpha value is -1.46. The number of nitrogens with zero attached hydrogens (tertiary/aromatic N) is 1. The van der Waals surface area contributed by atoms with Crippen molar-refractivity contribution in [3.63, 3.8) is 0 Å². The average molecular weight is 443 g/mol. The summed E-state index contributed by atoms with van der Waals surface area (Å²) >= 11 is 12.1. The van der Waals surface area contributed by atoms with Gasteiger partial charge in [-0.05, 0) is 69.6 Å². The van der Waals surface area contributed by atoms with Crippen LogP contribution in [0, 0.1) is 11.8 Å². The lowest BCUT2D eigenvalue weighted by Gasteiger charge is -2.33. The van der Waals surface area contributed by atoms with E-state index in [1.807, 2.05) is 50.8 Å². The van der Waals surface area contributed by atoms with E-state index in [1.54, 1.807) is 0 Å². The molecule has 1 aromatic carbocycles. The number of hydrogen-bond donors (Lipinski definition) is 1. The van der Waals surface area contributed by atoms with Crippen molar-refractivity contribution in [1.82, 2.24) is 10.2 Å². The summed E-state index contributed by atoms with van der Waals surface area (Å²) in [5, 5.41) is 3.90. The predicted molar refractivity (Wildman–Crippen MR) is 117 cm³/mol. The number of carbonyl (C=O) groups is 2. The summed E-state index contributed by atoms with van der Waals surface area (Å²) in [6, 6.07) is 5.79. The molecule has 0 radical (unpaired) electrons. The number of alkyl carbamates (subject to hydrolysis) is 1. The lowest BCUT2D eigenvalue weighted by atomic mass is 9.90. The molecule has 7 heteroatoms. The molecule has 1 aliphatic heterocycles.